The highest BCUT2D eigenvalue weighted by Gasteiger charge is 2.27. The van der Waals surface area contributed by atoms with Gasteiger partial charge in [-0.25, -0.2) is 4.98 Å². The highest BCUT2D eigenvalue weighted by molar-refractivity contribution is 5.32. The maximum atomic E-state index is 6.06. The average molecular weight is 330 g/mol. The SMILES string of the molecule is Cc1cccc(OC[C@@H](c2ccccc2)N2Cc3ccccc3C2)n1. The minimum Gasteiger partial charge on any atom is -0.476 e. The summed E-state index contributed by atoms with van der Waals surface area (Å²) in [6, 6.07) is 25.4. The van der Waals surface area contributed by atoms with Crippen molar-refractivity contribution in [3.8, 4) is 5.88 Å². The van der Waals surface area contributed by atoms with Crippen LogP contribution < -0.4 is 4.74 Å². The molecule has 0 amide bonds. The van der Waals surface area contributed by atoms with Crippen molar-refractivity contribution in [2.24, 2.45) is 0 Å². The van der Waals surface area contributed by atoms with Crippen LogP contribution in [0.1, 0.15) is 28.4 Å². The van der Waals surface area contributed by atoms with Crippen LogP contribution in [0.15, 0.2) is 72.8 Å². The summed E-state index contributed by atoms with van der Waals surface area (Å²) in [7, 11) is 0. The van der Waals surface area contributed by atoms with Gasteiger partial charge in [-0.2, -0.15) is 0 Å². The average Bonchev–Trinajstić information content (AvgIpc) is 3.07. The molecular formula is C22H22N2O. The molecule has 4 rings (SSSR count). The molecule has 3 nitrogen and oxygen atoms in total. The van der Waals surface area contributed by atoms with Gasteiger partial charge in [-0.3, -0.25) is 4.90 Å². The number of hydrogen-bond acceptors (Lipinski definition) is 3. The zero-order valence-electron chi connectivity index (χ0n) is 14.4. The van der Waals surface area contributed by atoms with E-state index in [0.29, 0.717) is 12.5 Å². The van der Waals surface area contributed by atoms with Gasteiger partial charge < -0.3 is 4.74 Å². The van der Waals surface area contributed by atoms with Crippen LogP contribution in [0.5, 0.6) is 5.88 Å². The number of benzene rings is 2. The van der Waals surface area contributed by atoms with E-state index in [2.05, 4.69) is 64.5 Å². The maximum Gasteiger partial charge on any atom is 0.213 e. The molecule has 1 aliphatic heterocycles. The number of nitrogens with zero attached hydrogens (tertiary/aromatic N) is 2. The van der Waals surface area contributed by atoms with Gasteiger partial charge in [0.25, 0.3) is 0 Å². The van der Waals surface area contributed by atoms with Crippen LogP contribution in [0.3, 0.4) is 0 Å². The summed E-state index contributed by atoms with van der Waals surface area (Å²) in [4.78, 5) is 6.95. The molecule has 0 saturated carbocycles. The van der Waals surface area contributed by atoms with E-state index < -0.39 is 0 Å². The van der Waals surface area contributed by atoms with E-state index in [1.54, 1.807) is 0 Å². The van der Waals surface area contributed by atoms with Gasteiger partial charge in [-0.05, 0) is 29.7 Å². The van der Waals surface area contributed by atoms with E-state index >= 15 is 0 Å². The number of aromatic nitrogens is 1. The van der Waals surface area contributed by atoms with E-state index in [-0.39, 0.29) is 6.04 Å². The number of fused-ring (bicyclic) bond motifs is 1. The summed E-state index contributed by atoms with van der Waals surface area (Å²) < 4.78 is 6.06. The zero-order chi connectivity index (χ0) is 17.1. The molecule has 0 bridgehead atoms. The third-order valence-corrected chi connectivity index (χ3v) is 4.74. The standard InChI is InChI=1S/C22H22N2O/c1-17-8-7-13-22(23-17)25-16-21(18-9-3-2-4-10-18)24-14-19-11-5-6-12-20(19)15-24/h2-13,21H,14-16H2,1H3/t21-/m0/s1. The summed E-state index contributed by atoms with van der Waals surface area (Å²) in [5, 5.41) is 0. The maximum absolute atomic E-state index is 6.06. The first kappa shape index (κ1) is 15.9. The Bertz CT molecular complexity index is 822. The van der Waals surface area contributed by atoms with Crippen LogP contribution in [0, 0.1) is 6.92 Å². The van der Waals surface area contributed by atoms with Crippen LogP contribution in [0.4, 0.5) is 0 Å². The highest BCUT2D eigenvalue weighted by Crippen LogP contribution is 2.31. The van der Waals surface area contributed by atoms with Crippen molar-refractivity contribution in [3.05, 3.63) is 95.2 Å². The van der Waals surface area contributed by atoms with E-state index in [0.717, 1.165) is 18.8 Å². The van der Waals surface area contributed by atoms with Crippen molar-refractivity contribution >= 4 is 0 Å². The molecule has 0 N–H and O–H groups in total. The molecule has 0 spiro atoms. The minimum atomic E-state index is 0.205. The zero-order valence-corrected chi connectivity index (χ0v) is 14.4. The van der Waals surface area contributed by atoms with Crippen LogP contribution in [0.2, 0.25) is 0 Å². The van der Waals surface area contributed by atoms with Crippen molar-refractivity contribution in [2.75, 3.05) is 6.61 Å². The largest absolute Gasteiger partial charge is 0.476 e. The Morgan fingerprint density at radius 2 is 1.56 bits per heavy atom. The first-order valence-corrected chi connectivity index (χ1v) is 8.72. The fourth-order valence-electron chi connectivity index (χ4n) is 3.43. The Hall–Kier alpha value is -2.65. The van der Waals surface area contributed by atoms with Crippen molar-refractivity contribution in [2.45, 2.75) is 26.1 Å². The van der Waals surface area contributed by atoms with E-state index in [1.165, 1.54) is 16.7 Å². The van der Waals surface area contributed by atoms with Crippen molar-refractivity contribution in [1.82, 2.24) is 9.88 Å². The molecule has 126 valence electrons. The second-order valence-corrected chi connectivity index (χ2v) is 6.53. The molecule has 0 saturated heterocycles. The Kier molecular flexibility index (Phi) is 4.49. The summed E-state index contributed by atoms with van der Waals surface area (Å²) in [6.07, 6.45) is 0. The molecule has 1 aromatic heterocycles. The van der Waals surface area contributed by atoms with Crippen molar-refractivity contribution < 1.29 is 4.74 Å². The number of aryl methyl sites for hydroxylation is 1. The highest BCUT2D eigenvalue weighted by atomic mass is 16.5. The molecule has 2 aromatic carbocycles. The monoisotopic (exact) mass is 330 g/mol. The van der Waals surface area contributed by atoms with Gasteiger partial charge in [-0.1, -0.05) is 60.7 Å². The molecule has 0 aliphatic carbocycles. The lowest BCUT2D eigenvalue weighted by atomic mass is 10.1. The first-order valence-electron chi connectivity index (χ1n) is 8.72. The van der Waals surface area contributed by atoms with Crippen LogP contribution >= 0.6 is 0 Å². The van der Waals surface area contributed by atoms with Gasteiger partial charge in [0.1, 0.15) is 6.61 Å². The normalized spacial score (nSPS) is 14.9. The topological polar surface area (TPSA) is 25.4 Å². The van der Waals surface area contributed by atoms with E-state index in [1.807, 2.05) is 25.1 Å². The Morgan fingerprint density at radius 1 is 0.880 bits per heavy atom. The Balaban J connectivity index is 1.55. The summed E-state index contributed by atoms with van der Waals surface area (Å²) >= 11 is 0. The quantitative estimate of drug-likeness (QED) is 0.687. The molecule has 2 heterocycles. The molecule has 25 heavy (non-hydrogen) atoms. The van der Waals surface area contributed by atoms with Gasteiger partial charge in [0.05, 0.1) is 6.04 Å². The minimum absolute atomic E-state index is 0.205. The first-order chi connectivity index (χ1) is 12.3. The van der Waals surface area contributed by atoms with E-state index in [4.69, 9.17) is 4.74 Å². The molecule has 0 radical (unpaired) electrons. The van der Waals surface area contributed by atoms with Crippen molar-refractivity contribution in [3.63, 3.8) is 0 Å². The smallest absolute Gasteiger partial charge is 0.213 e. The van der Waals surface area contributed by atoms with Gasteiger partial charge in [0.2, 0.25) is 5.88 Å². The molecular weight excluding hydrogens is 308 g/mol. The molecule has 3 heteroatoms. The van der Waals surface area contributed by atoms with Crippen LogP contribution in [-0.2, 0) is 13.1 Å². The molecule has 1 atom stereocenters. The number of rotatable bonds is 5. The third kappa shape index (κ3) is 3.57. The number of pyridine rings is 1. The predicted octanol–water partition coefficient (Wildman–Crippen LogP) is 4.53. The Morgan fingerprint density at radius 3 is 2.24 bits per heavy atom. The lowest BCUT2D eigenvalue weighted by Gasteiger charge is -2.28. The number of hydrogen-bond donors (Lipinski definition) is 0. The number of ether oxygens (including phenoxy) is 1. The summed E-state index contributed by atoms with van der Waals surface area (Å²) in [5.74, 6) is 0.692. The lowest BCUT2D eigenvalue weighted by molar-refractivity contribution is 0.131. The van der Waals surface area contributed by atoms with E-state index in [9.17, 15) is 0 Å². The molecule has 0 unspecified atom stereocenters. The van der Waals surface area contributed by atoms with Gasteiger partial charge in [-0.15, -0.1) is 0 Å². The van der Waals surface area contributed by atoms with Gasteiger partial charge in [0.15, 0.2) is 0 Å². The van der Waals surface area contributed by atoms with Crippen LogP contribution in [0.25, 0.3) is 0 Å². The van der Waals surface area contributed by atoms with Gasteiger partial charge in [0, 0.05) is 24.8 Å². The lowest BCUT2D eigenvalue weighted by Crippen LogP contribution is -2.28. The summed E-state index contributed by atoms with van der Waals surface area (Å²) in [5.41, 5.74) is 5.08. The third-order valence-electron chi connectivity index (χ3n) is 4.74. The summed E-state index contributed by atoms with van der Waals surface area (Å²) in [6.45, 7) is 4.49. The van der Waals surface area contributed by atoms with Crippen LogP contribution in [-0.4, -0.2) is 16.5 Å². The molecule has 1 aliphatic rings. The molecule has 3 aromatic rings. The fourth-order valence-corrected chi connectivity index (χ4v) is 3.43. The van der Waals surface area contributed by atoms with Gasteiger partial charge >= 0.3 is 0 Å². The Labute approximate surface area is 148 Å². The fraction of sp³-hybridized carbons (Fsp3) is 0.227. The van der Waals surface area contributed by atoms with Crippen molar-refractivity contribution in [1.29, 1.82) is 0 Å². The second-order valence-electron chi connectivity index (χ2n) is 6.53. The second kappa shape index (κ2) is 7.08. The molecule has 0 fully saturated rings. The predicted molar refractivity (Wildman–Crippen MR) is 99.3 cm³/mol.